The first-order chi connectivity index (χ1) is 14.2. The maximum Gasteiger partial charge on any atom is 0.416 e. The highest BCUT2D eigenvalue weighted by molar-refractivity contribution is 5.40. The Bertz CT molecular complexity index is 851. The maximum absolute atomic E-state index is 13.6. The molecule has 0 amide bonds. The van der Waals surface area contributed by atoms with Gasteiger partial charge in [0.2, 0.25) is 0 Å². The average Bonchev–Trinajstić information content (AvgIpc) is 2.72. The molecular formula is C22H25F3O5. The zero-order valence-corrected chi connectivity index (χ0v) is 16.6. The monoisotopic (exact) mass is 426 g/mol. The number of hydrogen-bond acceptors (Lipinski definition) is 5. The zero-order valence-electron chi connectivity index (χ0n) is 16.6. The predicted molar refractivity (Wildman–Crippen MR) is 103 cm³/mol. The van der Waals surface area contributed by atoms with E-state index in [1.165, 1.54) is 19.2 Å². The third-order valence-electron chi connectivity index (χ3n) is 5.60. The van der Waals surface area contributed by atoms with Gasteiger partial charge in [-0.25, -0.2) is 0 Å². The fourth-order valence-corrected chi connectivity index (χ4v) is 3.76. The van der Waals surface area contributed by atoms with E-state index in [9.17, 15) is 28.5 Å². The first-order valence-corrected chi connectivity index (χ1v) is 9.61. The molecule has 0 bridgehead atoms. The average molecular weight is 426 g/mol. The highest BCUT2D eigenvalue weighted by Crippen LogP contribution is 2.39. The minimum atomic E-state index is -4.55. The van der Waals surface area contributed by atoms with Crippen molar-refractivity contribution in [3.8, 4) is 5.75 Å². The molecule has 1 saturated heterocycles. The molecule has 0 spiro atoms. The van der Waals surface area contributed by atoms with Crippen LogP contribution in [0.3, 0.4) is 0 Å². The van der Waals surface area contributed by atoms with Crippen LogP contribution in [0.25, 0.3) is 0 Å². The van der Waals surface area contributed by atoms with Crippen molar-refractivity contribution in [1.82, 2.24) is 0 Å². The number of hydrogen-bond donors (Lipinski definition) is 3. The lowest BCUT2D eigenvalue weighted by Gasteiger charge is -2.41. The van der Waals surface area contributed by atoms with Crippen LogP contribution in [0.1, 0.15) is 35.3 Å². The summed E-state index contributed by atoms with van der Waals surface area (Å²) in [6.45, 7) is 1.26. The molecule has 0 aromatic heterocycles. The summed E-state index contributed by atoms with van der Waals surface area (Å²) >= 11 is 0. The number of methoxy groups -OCH3 is 1. The molecule has 1 fully saturated rings. The molecule has 1 heterocycles. The molecule has 0 saturated carbocycles. The fourth-order valence-electron chi connectivity index (χ4n) is 3.76. The molecule has 0 aliphatic carbocycles. The van der Waals surface area contributed by atoms with E-state index in [4.69, 9.17) is 9.47 Å². The first-order valence-electron chi connectivity index (χ1n) is 9.61. The number of alkyl halides is 3. The van der Waals surface area contributed by atoms with Crippen LogP contribution in [0.2, 0.25) is 0 Å². The molecule has 5 nitrogen and oxygen atoms in total. The van der Waals surface area contributed by atoms with Gasteiger partial charge >= 0.3 is 6.18 Å². The standard InChI is InChI=1S/C22H25F3O5/c1-12-18(11-26)30-21(20(28)19(12)27)14-5-8-17(22(23,24)25)15(10-14)9-13-3-6-16(29-2)7-4-13/h3-8,10,12,18-21,26-28H,9,11H2,1-2H3. The van der Waals surface area contributed by atoms with E-state index >= 15 is 0 Å². The van der Waals surface area contributed by atoms with E-state index in [2.05, 4.69) is 0 Å². The van der Waals surface area contributed by atoms with Crippen LogP contribution in [0.4, 0.5) is 13.2 Å². The molecule has 8 heteroatoms. The quantitative estimate of drug-likeness (QED) is 0.685. The van der Waals surface area contributed by atoms with Gasteiger partial charge in [0.25, 0.3) is 0 Å². The highest BCUT2D eigenvalue weighted by Gasteiger charge is 2.43. The Morgan fingerprint density at radius 2 is 1.70 bits per heavy atom. The number of ether oxygens (including phenoxy) is 2. The molecule has 164 valence electrons. The number of aliphatic hydroxyl groups excluding tert-OH is 3. The van der Waals surface area contributed by atoms with Crippen molar-refractivity contribution < 1.29 is 38.0 Å². The Balaban J connectivity index is 1.97. The third-order valence-corrected chi connectivity index (χ3v) is 5.60. The Morgan fingerprint density at radius 1 is 1.03 bits per heavy atom. The van der Waals surface area contributed by atoms with Gasteiger partial charge in [-0.3, -0.25) is 0 Å². The summed E-state index contributed by atoms with van der Waals surface area (Å²) in [5, 5.41) is 30.2. The molecule has 1 aliphatic heterocycles. The zero-order chi connectivity index (χ0) is 22.1. The van der Waals surface area contributed by atoms with Crippen LogP contribution >= 0.6 is 0 Å². The Kier molecular flexibility index (Phi) is 6.71. The van der Waals surface area contributed by atoms with Gasteiger partial charge in [-0.05, 0) is 41.3 Å². The molecule has 2 aromatic carbocycles. The summed E-state index contributed by atoms with van der Waals surface area (Å²) in [5.74, 6) is 0.0786. The Labute approximate surface area is 172 Å². The number of halogens is 3. The molecule has 0 radical (unpaired) electrons. The second kappa shape index (κ2) is 8.93. The van der Waals surface area contributed by atoms with Gasteiger partial charge in [-0.2, -0.15) is 13.2 Å². The van der Waals surface area contributed by atoms with E-state index in [-0.39, 0.29) is 18.6 Å². The molecule has 1 aliphatic rings. The predicted octanol–water partition coefficient (Wildman–Crippen LogP) is 3.09. The molecule has 3 N–H and O–H groups in total. The number of aliphatic hydroxyl groups is 3. The van der Waals surface area contributed by atoms with Crippen LogP contribution in [-0.2, 0) is 17.3 Å². The highest BCUT2D eigenvalue weighted by atomic mass is 19.4. The van der Waals surface area contributed by atoms with Crippen LogP contribution in [0, 0.1) is 5.92 Å². The van der Waals surface area contributed by atoms with Gasteiger partial charge in [0, 0.05) is 5.92 Å². The van der Waals surface area contributed by atoms with Gasteiger partial charge < -0.3 is 24.8 Å². The molecule has 3 rings (SSSR count). The van der Waals surface area contributed by atoms with E-state index < -0.39 is 42.1 Å². The SMILES string of the molecule is COc1ccc(Cc2cc(C3OC(CO)C(C)C(O)C3O)ccc2C(F)(F)F)cc1. The van der Waals surface area contributed by atoms with Crippen molar-refractivity contribution in [2.24, 2.45) is 5.92 Å². The second-order valence-electron chi connectivity index (χ2n) is 7.56. The first kappa shape index (κ1) is 22.6. The van der Waals surface area contributed by atoms with E-state index in [1.807, 2.05) is 0 Å². The van der Waals surface area contributed by atoms with Crippen molar-refractivity contribution in [2.75, 3.05) is 13.7 Å². The van der Waals surface area contributed by atoms with Crippen molar-refractivity contribution in [3.63, 3.8) is 0 Å². The van der Waals surface area contributed by atoms with Crippen molar-refractivity contribution in [2.45, 2.75) is 43.9 Å². The Morgan fingerprint density at radius 3 is 2.27 bits per heavy atom. The lowest BCUT2D eigenvalue weighted by atomic mass is 9.85. The molecule has 5 unspecified atom stereocenters. The lowest BCUT2D eigenvalue weighted by Crippen LogP contribution is -2.50. The summed E-state index contributed by atoms with van der Waals surface area (Å²) in [6.07, 6.45) is -8.82. The molecular weight excluding hydrogens is 401 g/mol. The lowest BCUT2D eigenvalue weighted by molar-refractivity contribution is -0.207. The molecule has 2 aromatic rings. The van der Waals surface area contributed by atoms with E-state index in [0.29, 0.717) is 16.9 Å². The number of benzene rings is 2. The van der Waals surface area contributed by atoms with Crippen molar-refractivity contribution in [3.05, 3.63) is 64.7 Å². The van der Waals surface area contributed by atoms with Crippen LogP contribution < -0.4 is 4.74 Å². The molecule has 5 atom stereocenters. The summed E-state index contributed by atoms with van der Waals surface area (Å²) < 4.78 is 51.5. The summed E-state index contributed by atoms with van der Waals surface area (Å²) in [6, 6.07) is 10.3. The third kappa shape index (κ3) is 4.62. The van der Waals surface area contributed by atoms with Gasteiger partial charge in [-0.1, -0.05) is 31.2 Å². The topological polar surface area (TPSA) is 79.2 Å². The van der Waals surface area contributed by atoms with Crippen LogP contribution in [0.15, 0.2) is 42.5 Å². The minimum Gasteiger partial charge on any atom is -0.497 e. The van der Waals surface area contributed by atoms with Crippen molar-refractivity contribution in [1.29, 1.82) is 0 Å². The Hall–Kier alpha value is -2.13. The van der Waals surface area contributed by atoms with Crippen LogP contribution in [0.5, 0.6) is 5.75 Å². The molecule has 30 heavy (non-hydrogen) atoms. The minimum absolute atomic E-state index is 0.0118. The summed E-state index contributed by atoms with van der Waals surface area (Å²) in [7, 11) is 1.50. The van der Waals surface area contributed by atoms with Gasteiger partial charge in [0.1, 0.15) is 18.0 Å². The van der Waals surface area contributed by atoms with Gasteiger partial charge in [-0.15, -0.1) is 0 Å². The van der Waals surface area contributed by atoms with Crippen LogP contribution in [-0.4, -0.2) is 47.3 Å². The van der Waals surface area contributed by atoms with Crippen molar-refractivity contribution >= 4 is 0 Å². The number of rotatable bonds is 5. The largest absolute Gasteiger partial charge is 0.497 e. The summed E-state index contributed by atoms with van der Waals surface area (Å²) in [5.41, 5.74) is 0.212. The van der Waals surface area contributed by atoms with E-state index in [0.717, 1.165) is 6.07 Å². The maximum atomic E-state index is 13.6. The van der Waals surface area contributed by atoms with Gasteiger partial charge in [0.05, 0.1) is 31.5 Å². The smallest absolute Gasteiger partial charge is 0.416 e. The normalized spacial score (nSPS) is 27.1. The van der Waals surface area contributed by atoms with E-state index in [1.54, 1.807) is 31.2 Å². The summed E-state index contributed by atoms with van der Waals surface area (Å²) in [4.78, 5) is 0. The van der Waals surface area contributed by atoms with Gasteiger partial charge in [0.15, 0.2) is 0 Å². The fraction of sp³-hybridized carbons (Fsp3) is 0.455. The second-order valence-corrected chi connectivity index (χ2v) is 7.56.